The summed E-state index contributed by atoms with van der Waals surface area (Å²) in [6.07, 6.45) is 3.40. The Morgan fingerprint density at radius 3 is 2.50 bits per heavy atom. The van der Waals surface area contributed by atoms with E-state index in [1.807, 2.05) is 23.6 Å². The molecular weight excluding hydrogens is 372 g/mol. The van der Waals surface area contributed by atoms with Crippen LogP contribution in [-0.4, -0.2) is 39.7 Å². The molecule has 2 heterocycles. The summed E-state index contributed by atoms with van der Waals surface area (Å²) in [5, 5.41) is 9.09. The number of thioether (sulfide) groups is 1. The van der Waals surface area contributed by atoms with Crippen molar-refractivity contribution in [1.29, 1.82) is 0 Å². The molecule has 0 spiro atoms. The fraction of sp³-hybridized carbons (Fsp3) is 0.235. The summed E-state index contributed by atoms with van der Waals surface area (Å²) >= 11 is 1.34. The number of rotatable bonds is 8. The van der Waals surface area contributed by atoms with E-state index in [9.17, 15) is 8.42 Å². The third-order valence-corrected chi connectivity index (χ3v) is 5.88. The van der Waals surface area contributed by atoms with Crippen molar-refractivity contribution in [3.8, 4) is 17.1 Å². The molecule has 3 rings (SSSR count). The van der Waals surface area contributed by atoms with Gasteiger partial charge in [-0.15, -0.1) is 10.2 Å². The van der Waals surface area contributed by atoms with Crippen LogP contribution in [0.2, 0.25) is 0 Å². The molecule has 7 nitrogen and oxygen atoms in total. The van der Waals surface area contributed by atoms with Crippen molar-refractivity contribution in [2.75, 3.05) is 11.5 Å². The first-order valence-corrected chi connectivity index (χ1v) is 10.6. The van der Waals surface area contributed by atoms with Crippen molar-refractivity contribution in [2.24, 2.45) is 0 Å². The highest BCUT2D eigenvalue weighted by Crippen LogP contribution is 2.24. The standard InChI is InChI=1S/C17H18N4O3S2/c1-2-21-16(14-8-10-18-11-9-14)19-20-17(21)25-12-13-26(22,23)24-15-6-4-3-5-7-15/h3-11H,2,12-13H2,1H3. The summed E-state index contributed by atoms with van der Waals surface area (Å²) in [6, 6.07) is 12.2. The van der Waals surface area contributed by atoms with E-state index in [1.165, 1.54) is 11.8 Å². The molecule has 0 N–H and O–H groups in total. The normalized spacial score (nSPS) is 11.4. The summed E-state index contributed by atoms with van der Waals surface area (Å²) < 4.78 is 31.2. The van der Waals surface area contributed by atoms with Gasteiger partial charge in [0, 0.05) is 30.3 Å². The summed E-state index contributed by atoms with van der Waals surface area (Å²) in [4.78, 5) is 4.00. The molecule has 0 fully saturated rings. The van der Waals surface area contributed by atoms with E-state index < -0.39 is 10.1 Å². The van der Waals surface area contributed by atoms with Crippen molar-refractivity contribution >= 4 is 21.9 Å². The number of pyridine rings is 1. The Morgan fingerprint density at radius 1 is 1.08 bits per heavy atom. The molecule has 0 aliphatic carbocycles. The Balaban J connectivity index is 1.64. The van der Waals surface area contributed by atoms with E-state index in [2.05, 4.69) is 15.2 Å². The molecule has 26 heavy (non-hydrogen) atoms. The molecule has 2 aromatic heterocycles. The molecule has 0 saturated heterocycles. The van der Waals surface area contributed by atoms with Gasteiger partial charge in [0.2, 0.25) is 0 Å². The first-order valence-electron chi connectivity index (χ1n) is 8.02. The monoisotopic (exact) mass is 390 g/mol. The Bertz CT molecular complexity index is 945. The van der Waals surface area contributed by atoms with Crippen LogP contribution in [0.15, 0.2) is 60.0 Å². The molecule has 0 aliphatic rings. The number of hydrogen-bond acceptors (Lipinski definition) is 7. The lowest BCUT2D eigenvalue weighted by Crippen LogP contribution is -2.15. The molecule has 1 aromatic carbocycles. The molecule has 0 aliphatic heterocycles. The van der Waals surface area contributed by atoms with Crippen molar-refractivity contribution < 1.29 is 12.6 Å². The molecule has 9 heteroatoms. The number of para-hydroxylation sites is 1. The maximum atomic E-state index is 12.1. The van der Waals surface area contributed by atoms with Gasteiger partial charge in [0.15, 0.2) is 11.0 Å². The van der Waals surface area contributed by atoms with Crippen LogP contribution < -0.4 is 4.18 Å². The largest absolute Gasteiger partial charge is 0.382 e. The minimum Gasteiger partial charge on any atom is -0.382 e. The molecule has 0 radical (unpaired) electrons. The van der Waals surface area contributed by atoms with Crippen molar-refractivity contribution in [3.05, 3.63) is 54.9 Å². The predicted molar refractivity (Wildman–Crippen MR) is 101 cm³/mol. The van der Waals surface area contributed by atoms with Gasteiger partial charge in [-0.1, -0.05) is 30.0 Å². The van der Waals surface area contributed by atoms with Gasteiger partial charge in [0.1, 0.15) is 5.75 Å². The van der Waals surface area contributed by atoms with Gasteiger partial charge in [-0.3, -0.25) is 4.98 Å². The minimum absolute atomic E-state index is 0.117. The summed E-state index contributed by atoms with van der Waals surface area (Å²) in [7, 11) is -3.66. The van der Waals surface area contributed by atoms with Gasteiger partial charge in [0.05, 0.1) is 5.75 Å². The molecular formula is C17H18N4O3S2. The van der Waals surface area contributed by atoms with Gasteiger partial charge < -0.3 is 8.75 Å². The molecule has 0 amide bonds. The highest BCUT2D eigenvalue weighted by Gasteiger charge is 2.16. The van der Waals surface area contributed by atoms with E-state index in [1.54, 1.807) is 42.7 Å². The van der Waals surface area contributed by atoms with Gasteiger partial charge >= 0.3 is 10.1 Å². The Kier molecular flexibility index (Phi) is 5.89. The zero-order chi connectivity index (χ0) is 18.4. The second-order valence-electron chi connectivity index (χ2n) is 5.29. The second-order valence-corrected chi connectivity index (χ2v) is 8.05. The predicted octanol–water partition coefficient (Wildman–Crippen LogP) is 2.86. The lowest BCUT2D eigenvalue weighted by molar-refractivity contribution is 0.488. The third-order valence-electron chi connectivity index (χ3n) is 3.50. The lowest BCUT2D eigenvalue weighted by atomic mass is 10.2. The average Bonchev–Trinajstić information content (AvgIpc) is 3.05. The third kappa shape index (κ3) is 4.61. The fourth-order valence-electron chi connectivity index (χ4n) is 2.29. The van der Waals surface area contributed by atoms with Gasteiger partial charge in [-0.25, -0.2) is 0 Å². The molecule has 3 aromatic rings. The fourth-order valence-corrected chi connectivity index (χ4v) is 4.58. The molecule has 136 valence electrons. The Morgan fingerprint density at radius 2 is 1.81 bits per heavy atom. The average molecular weight is 390 g/mol. The topological polar surface area (TPSA) is 87.0 Å². The first kappa shape index (κ1) is 18.4. The zero-order valence-corrected chi connectivity index (χ0v) is 15.8. The molecule has 0 bridgehead atoms. The van der Waals surface area contributed by atoms with Crippen LogP contribution in [0.3, 0.4) is 0 Å². The van der Waals surface area contributed by atoms with E-state index in [0.717, 1.165) is 11.4 Å². The van der Waals surface area contributed by atoms with Gasteiger partial charge in [-0.05, 0) is 31.2 Å². The highest BCUT2D eigenvalue weighted by atomic mass is 32.2. The highest BCUT2D eigenvalue weighted by molar-refractivity contribution is 8.00. The smallest absolute Gasteiger partial charge is 0.310 e. The second kappa shape index (κ2) is 8.33. The van der Waals surface area contributed by atoms with Crippen LogP contribution in [0.4, 0.5) is 0 Å². The summed E-state index contributed by atoms with van der Waals surface area (Å²) in [5.41, 5.74) is 0.918. The molecule has 0 unspecified atom stereocenters. The Labute approximate surface area is 156 Å². The lowest BCUT2D eigenvalue weighted by Gasteiger charge is -2.08. The number of nitrogens with zero attached hydrogens (tertiary/aromatic N) is 4. The summed E-state index contributed by atoms with van der Waals surface area (Å²) in [5.74, 6) is 1.26. The van der Waals surface area contributed by atoms with Crippen LogP contribution in [0.1, 0.15) is 6.92 Å². The molecule has 0 atom stereocenters. The van der Waals surface area contributed by atoms with E-state index in [4.69, 9.17) is 4.18 Å². The number of benzene rings is 1. The number of hydrogen-bond donors (Lipinski definition) is 0. The van der Waals surface area contributed by atoms with Crippen LogP contribution in [0.25, 0.3) is 11.4 Å². The minimum atomic E-state index is -3.66. The van der Waals surface area contributed by atoms with E-state index >= 15 is 0 Å². The number of aromatic nitrogens is 4. The Hall–Kier alpha value is -2.39. The van der Waals surface area contributed by atoms with Crippen molar-refractivity contribution in [1.82, 2.24) is 19.7 Å². The quantitative estimate of drug-likeness (QED) is 0.432. The van der Waals surface area contributed by atoms with Crippen LogP contribution >= 0.6 is 11.8 Å². The first-order chi connectivity index (χ1) is 12.6. The van der Waals surface area contributed by atoms with Crippen LogP contribution in [0.5, 0.6) is 5.75 Å². The zero-order valence-electron chi connectivity index (χ0n) is 14.1. The van der Waals surface area contributed by atoms with E-state index in [0.29, 0.717) is 23.2 Å². The van der Waals surface area contributed by atoms with Crippen LogP contribution in [-0.2, 0) is 16.7 Å². The maximum Gasteiger partial charge on any atom is 0.310 e. The van der Waals surface area contributed by atoms with Crippen molar-refractivity contribution in [3.63, 3.8) is 0 Å². The molecule has 0 saturated carbocycles. The summed E-state index contributed by atoms with van der Waals surface area (Å²) in [6.45, 7) is 2.67. The van der Waals surface area contributed by atoms with Gasteiger partial charge in [-0.2, -0.15) is 8.42 Å². The van der Waals surface area contributed by atoms with Crippen molar-refractivity contribution in [2.45, 2.75) is 18.6 Å². The SMILES string of the molecule is CCn1c(SCCS(=O)(=O)Oc2ccccc2)nnc1-c1ccncc1. The van der Waals surface area contributed by atoms with E-state index in [-0.39, 0.29) is 5.75 Å². The van der Waals surface area contributed by atoms with Crippen LogP contribution in [0, 0.1) is 0 Å². The maximum absolute atomic E-state index is 12.1. The van der Waals surface area contributed by atoms with Gasteiger partial charge in [0.25, 0.3) is 0 Å².